The molecule has 3 heteroatoms. The number of unbranched alkanes of at least 4 members (excludes halogenated alkanes) is 1. The van der Waals surface area contributed by atoms with Crippen LogP contribution in [0.2, 0.25) is 0 Å². The summed E-state index contributed by atoms with van der Waals surface area (Å²) in [6, 6.07) is 18.1. The molecule has 21 heavy (non-hydrogen) atoms. The van der Waals surface area contributed by atoms with Crippen molar-refractivity contribution < 1.29 is 4.79 Å². The van der Waals surface area contributed by atoms with E-state index in [0.717, 1.165) is 30.8 Å². The normalized spacial score (nSPS) is 10.1. The Morgan fingerprint density at radius 2 is 1.67 bits per heavy atom. The number of hydrogen-bond donors (Lipinski definition) is 2. The molecule has 2 N–H and O–H groups in total. The first-order valence-corrected chi connectivity index (χ1v) is 7.45. The van der Waals surface area contributed by atoms with E-state index in [-0.39, 0.29) is 5.91 Å². The van der Waals surface area contributed by atoms with Crippen LogP contribution >= 0.6 is 0 Å². The van der Waals surface area contributed by atoms with Gasteiger partial charge in [0.15, 0.2) is 0 Å². The van der Waals surface area contributed by atoms with E-state index >= 15 is 0 Å². The Labute approximate surface area is 126 Å². The van der Waals surface area contributed by atoms with Gasteiger partial charge >= 0.3 is 0 Å². The van der Waals surface area contributed by atoms with Crippen molar-refractivity contribution in [3.8, 4) is 0 Å². The second kappa shape index (κ2) is 8.10. The fourth-order valence-corrected chi connectivity index (χ4v) is 2.03. The van der Waals surface area contributed by atoms with Crippen molar-refractivity contribution in [2.75, 3.05) is 10.6 Å². The molecule has 0 aliphatic rings. The van der Waals surface area contributed by atoms with Crippen molar-refractivity contribution in [2.24, 2.45) is 0 Å². The summed E-state index contributed by atoms with van der Waals surface area (Å²) in [5.74, 6) is 0.0898. The third-order valence-electron chi connectivity index (χ3n) is 3.27. The molecule has 0 aliphatic carbocycles. The number of carbonyl (C=O) groups excluding carboxylic acids is 1. The second-order valence-corrected chi connectivity index (χ2v) is 5.07. The highest BCUT2D eigenvalue weighted by Gasteiger charge is 2.01. The minimum Gasteiger partial charge on any atom is -0.381 e. The van der Waals surface area contributed by atoms with Crippen LogP contribution in [0.4, 0.5) is 11.4 Å². The molecule has 0 atom stereocenters. The van der Waals surface area contributed by atoms with Gasteiger partial charge in [0.1, 0.15) is 0 Å². The molecule has 0 saturated carbocycles. The Bertz CT molecular complexity index is 549. The van der Waals surface area contributed by atoms with Gasteiger partial charge in [-0.3, -0.25) is 4.79 Å². The minimum absolute atomic E-state index is 0.0898. The Kier molecular flexibility index (Phi) is 5.83. The SMILES string of the molecule is CCCCC(=O)Nc1ccc(CNc2ccccc2)cc1. The van der Waals surface area contributed by atoms with Crippen molar-refractivity contribution in [3.63, 3.8) is 0 Å². The number of nitrogens with one attached hydrogen (secondary N) is 2. The van der Waals surface area contributed by atoms with Crippen LogP contribution in [-0.2, 0) is 11.3 Å². The molecule has 3 nitrogen and oxygen atoms in total. The van der Waals surface area contributed by atoms with E-state index in [1.165, 1.54) is 5.56 Å². The fraction of sp³-hybridized carbons (Fsp3) is 0.278. The zero-order chi connectivity index (χ0) is 14.9. The summed E-state index contributed by atoms with van der Waals surface area (Å²) in [6.07, 6.45) is 2.57. The van der Waals surface area contributed by atoms with Crippen LogP contribution in [-0.4, -0.2) is 5.91 Å². The first-order valence-electron chi connectivity index (χ1n) is 7.45. The fourth-order valence-electron chi connectivity index (χ4n) is 2.03. The Morgan fingerprint density at radius 1 is 0.952 bits per heavy atom. The van der Waals surface area contributed by atoms with Gasteiger partial charge in [-0.15, -0.1) is 0 Å². The summed E-state index contributed by atoms with van der Waals surface area (Å²) >= 11 is 0. The van der Waals surface area contributed by atoms with E-state index in [9.17, 15) is 4.79 Å². The van der Waals surface area contributed by atoms with Crippen LogP contribution in [0.15, 0.2) is 54.6 Å². The molecule has 0 aromatic heterocycles. The number of hydrogen-bond acceptors (Lipinski definition) is 2. The van der Waals surface area contributed by atoms with Gasteiger partial charge in [-0.25, -0.2) is 0 Å². The van der Waals surface area contributed by atoms with Gasteiger partial charge in [0.25, 0.3) is 0 Å². The van der Waals surface area contributed by atoms with Crippen molar-refractivity contribution >= 4 is 17.3 Å². The van der Waals surface area contributed by atoms with E-state index in [1.807, 2.05) is 54.6 Å². The van der Waals surface area contributed by atoms with E-state index in [0.29, 0.717) is 6.42 Å². The predicted octanol–water partition coefficient (Wildman–Crippen LogP) is 4.43. The van der Waals surface area contributed by atoms with Gasteiger partial charge in [0.2, 0.25) is 5.91 Å². The highest BCUT2D eigenvalue weighted by atomic mass is 16.1. The molecule has 0 heterocycles. The number of anilines is 2. The number of para-hydroxylation sites is 1. The topological polar surface area (TPSA) is 41.1 Å². The lowest BCUT2D eigenvalue weighted by molar-refractivity contribution is -0.116. The highest BCUT2D eigenvalue weighted by molar-refractivity contribution is 5.90. The van der Waals surface area contributed by atoms with Crippen LogP contribution in [0, 0.1) is 0 Å². The highest BCUT2D eigenvalue weighted by Crippen LogP contribution is 2.13. The molecule has 0 saturated heterocycles. The molecule has 2 rings (SSSR count). The van der Waals surface area contributed by atoms with E-state index in [2.05, 4.69) is 17.6 Å². The van der Waals surface area contributed by atoms with E-state index < -0.39 is 0 Å². The Balaban J connectivity index is 1.83. The Morgan fingerprint density at radius 3 is 2.33 bits per heavy atom. The molecule has 0 unspecified atom stereocenters. The van der Waals surface area contributed by atoms with Crippen molar-refractivity contribution in [3.05, 3.63) is 60.2 Å². The van der Waals surface area contributed by atoms with Gasteiger partial charge in [-0.05, 0) is 36.2 Å². The lowest BCUT2D eigenvalue weighted by atomic mass is 10.2. The van der Waals surface area contributed by atoms with Gasteiger partial charge in [0, 0.05) is 24.3 Å². The summed E-state index contributed by atoms with van der Waals surface area (Å²) in [5.41, 5.74) is 3.15. The number of benzene rings is 2. The minimum atomic E-state index is 0.0898. The van der Waals surface area contributed by atoms with E-state index in [1.54, 1.807) is 0 Å². The van der Waals surface area contributed by atoms with Gasteiger partial charge in [-0.1, -0.05) is 43.7 Å². The monoisotopic (exact) mass is 282 g/mol. The second-order valence-electron chi connectivity index (χ2n) is 5.07. The maximum Gasteiger partial charge on any atom is 0.224 e. The molecule has 2 aromatic carbocycles. The molecule has 0 bridgehead atoms. The van der Waals surface area contributed by atoms with Crippen molar-refractivity contribution in [1.82, 2.24) is 0 Å². The van der Waals surface area contributed by atoms with Crippen LogP contribution in [0.25, 0.3) is 0 Å². The zero-order valence-corrected chi connectivity index (χ0v) is 12.4. The Hall–Kier alpha value is -2.29. The molecular formula is C18H22N2O. The first-order chi connectivity index (χ1) is 10.3. The van der Waals surface area contributed by atoms with Gasteiger partial charge in [0.05, 0.1) is 0 Å². The molecule has 0 aliphatic heterocycles. The lowest BCUT2D eigenvalue weighted by Gasteiger charge is -2.08. The third kappa shape index (κ3) is 5.30. The number of rotatable bonds is 7. The van der Waals surface area contributed by atoms with Crippen LogP contribution in [0.5, 0.6) is 0 Å². The maximum atomic E-state index is 11.6. The maximum absolute atomic E-state index is 11.6. The molecule has 0 spiro atoms. The standard InChI is InChI=1S/C18H22N2O/c1-2-3-9-18(21)20-17-12-10-15(11-13-17)14-19-16-7-5-4-6-8-16/h4-8,10-13,19H,2-3,9,14H2,1H3,(H,20,21). The summed E-state index contributed by atoms with van der Waals surface area (Å²) in [6.45, 7) is 2.86. The molecular weight excluding hydrogens is 260 g/mol. The summed E-state index contributed by atoms with van der Waals surface area (Å²) in [7, 11) is 0. The third-order valence-corrected chi connectivity index (χ3v) is 3.27. The smallest absolute Gasteiger partial charge is 0.224 e. The molecule has 0 radical (unpaired) electrons. The van der Waals surface area contributed by atoms with Gasteiger partial charge in [-0.2, -0.15) is 0 Å². The molecule has 110 valence electrons. The predicted molar refractivity (Wildman–Crippen MR) is 88.4 cm³/mol. The van der Waals surface area contributed by atoms with Gasteiger partial charge < -0.3 is 10.6 Å². The largest absolute Gasteiger partial charge is 0.381 e. The van der Waals surface area contributed by atoms with Crippen LogP contribution in [0.1, 0.15) is 31.7 Å². The van der Waals surface area contributed by atoms with Crippen LogP contribution in [0.3, 0.4) is 0 Å². The lowest BCUT2D eigenvalue weighted by Crippen LogP contribution is -2.10. The zero-order valence-electron chi connectivity index (χ0n) is 12.4. The summed E-state index contributed by atoms with van der Waals surface area (Å²) in [5, 5.41) is 6.28. The van der Waals surface area contributed by atoms with Crippen molar-refractivity contribution in [1.29, 1.82) is 0 Å². The summed E-state index contributed by atoms with van der Waals surface area (Å²) in [4.78, 5) is 11.6. The average Bonchev–Trinajstić information content (AvgIpc) is 2.53. The quantitative estimate of drug-likeness (QED) is 0.789. The van der Waals surface area contributed by atoms with Crippen molar-refractivity contribution in [2.45, 2.75) is 32.7 Å². The summed E-state index contributed by atoms with van der Waals surface area (Å²) < 4.78 is 0. The molecule has 1 amide bonds. The number of carbonyl (C=O) groups is 1. The van der Waals surface area contributed by atoms with Crippen LogP contribution < -0.4 is 10.6 Å². The molecule has 0 fully saturated rings. The average molecular weight is 282 g/mol. The molecule has 2 aromatic rings. The first kappa shape index (κ1) is 15.1. The van der Waals surface area contributed by atoms with E-state index in [4.69, 9.17) is 0 Å². The number of amides is 1.